The lowest BCUT2D eigenvalue weighted by Crippen LogP contribution is -2.43. The van der Waals surface area contributed by atoms with Gasteiger partial charge in [-0.2, -0.15) is 0 Å². The average molecular weight is 466 g/mol. The number of esters is 2. The van der Waals surface area contributed by atoms with Crippen molar-refractivity contribution in [2.75, 3.05) is 19.8 Å². The van der Waals surface area contributed by atoms with Crippen LogP contribution in [0.1, 0.15) is 60.8 Å². The molecule has 0 aromatic heterocycles. The van der Waals surface area contributed by atoms with Crippen molar-refractivity contribution in [3.63, 3.8) is 0 Å². The van der Waals surface area contributed by atoms with Gasteiger partial charge in [-0.1, -0.05) is 6.42 Å². The van der Waals surface area contributed by atoms with Crippen molar-refractivity contribution < 1.29 is 37.5 Å². The molecule has 5 N–H and O–H groups in total. The first-order valence-electron chi connectivity index (χ1n) is 10.2. The molecule has 1 radical (unpaired) electrons. The van der Waals surface area contributed by atoms with Gasteiger partial charge in [-0.15, -0.1) is 0 Å². The van der Waals surface area contributed by atoms with Crippen LogP contribution in [0.2, 0.25) is 0 Å². The van der Waals surface area contributed by atoms with Gasteiger partial charge in [0.15, 0.2) is 12.1 Å². The number of rotatable bonds is 10. The third-order valence-corrected chi connectivity index (χ3v) is 5.32. The molecule has 0 saturated carbocycles. The van der Waals surface area contributed by atoms with Gasteiger partial charge in [-0.25, -0.2) is 4.79 Å². The van der Waals surface area contributed by atoms with Gasteiger partial charge in [0.25, 0.3) is 0 Å². The maximum atomic E-state index is 13.0. The summed E-state index contributed by atoms with van der Waals surface area (Å²) in [6.07, 6.45) is -0.206. The van der Waals surface area contributed by atoms with Crippen LogP contribution in [0.5, 0.6) is 0 Å². The number of carbonyl (C=O) groups excluding carboxylic acids is 2. The second kappa shape index (κ2) is 11.4. The van der Waals surface area contributed by atoms with E-state index in [1.54, 1.807) is 41.5 Å². The Morgan fingerprint density at radius 3 is 2.06 bits per heavy atom. The molecule has 0 aromatic carbocycles. The zero-order chi connectivity index (χ0) is 23.9. The second-order valence-corrected chi connectivity index (χ2v) is 10.8. The summed E-state index contributed by atoms with van der Waals surface area (Å²) < 4.78 is 26.9. The third-order valence-electron chi connectivity index (χ3n) is 3.81. The number of unbranched alkanes of at least 4 members (excludes halogenated alkanes) is 1. The third kappa shape index (κ3) is 11.1. The van der Waals surface area contributed by atoms with Crippen molar-refractivity contribution >= 4 is 26.1 Å². The van der Waals surface area contributed by atoms with Crippen molar-refractivity contribution in [3.05, 3.63) is 0 Å². The highest BCUT2D eigenvalue weighted by molar-refractivity contribution is 7.55. The van der Waals surface area contributed by atoms with Crippen LogP contribution in [-0.2, 0) is 32.6 Å². The van der Waals surface area contributed by atoms with Crippen LogP contribution in [0, 0.1) is 11.3 Å². The fourth-order valence-electron chi connectivity index (χ4n) is 2.67. The number of ether oxygens (including phenoxy) is 2. The Labute approximate surface area is 184 Å². The van der Waals surface area contributed by atoms with E-state index in [9.17, 15) is 14.5 Å². The predicted octanol–water partition coefficient (Wildman–Crippen LogP) is 2.04. The highest BCUT2D eigenvalue weighted by Gasteiger charge is 2.47. The van der Waals surface area contributed by atoms with Crippen LogP contribution < -0.4 is 11.1 Å². The number of hydrogen-bond donors (Lipinski definition) is 4. The largest absolute Gasteiger partial charge is 0.460 e. The first-order valence-corrected chi connectivity index (χ1v) is 11.7. The van der Waals surface area contributed by atoms with Crippen LogP contribution in [0.3, 0.4) is 0 Å². The SMILES string of the molecule is CC(C)(C)OC(=O)C(CCCCNC(=N)N)C(O[P]1(O)OCCO1)C(=O)OC(C)(C)C. The number of nitrogens with two attached hydrogens (primary N) is 1. The molecule has 1 rings (SSSR count). The normalized spacial score (nSPS) is 18.2. The summed E-state index contributed by atoms with van der Waals surface area (Å²) in [5.74, 6) is -2.70. The molecule has 0 aliphatic carbocycles. The topological polar surface area (TPSA) is 162 Å². The van der Waals surface area contributed by atoms with E-state index in [2.05, 4.69) is 5.32 Å². The van der Waals surface area contributed by atoms with Crippen LogP contribution in [0.25, 0.3) is 0 Å². The summed E-state index contributed by atoms with van der Waals surface area (Å²) >= 11 is 0. The molecule has 1 aliphatic heterocycles. The molecule has 0 spiro atoms. The Hall–Kier alpha value is -1.52. The number of carbonyl (C=O) groups is 2. The minimum Gasteiger partial charge on any atom is -0.460 e. The van der Waals surface area contributed by atoms with E-state index in [-0.39, 0.29) is 25.6 Å². The van der Waals surface area contributed by atoms with Gasteiger partial charge in [-0.05, 0) is 54.4 Å². The van der Waals surface area contributed by atoms with Gasteiger partial charge >= 0.3 is 20.1 Å². The lowest BCUT2D eigenvalue weighted by Gasteiger charge is -2.33. The average Bonchev–Trinajstić information content (AvgIpc) is 2.99. The van der Waals surface area contributed by atoms with E-state index < -0.39 is 43.3 Å². The molecule has 1 aliphatic rings. The Kier molecular flexibility index (Phi) is 10.1. The quantitative estimate of drug-likeness (QED) is 0.123. The number of guanidine groups is 1. The van der Waals surface area contributed by atoms with Gasteiger partial charge < -0.3 is 25.4 Å². The zero-order valence-corrected chi connectivity index (χ0v) is 20.1. The van der Waals surface area contributed by atoms with Crippen molar-refractivity contribution in [1.82, 2.24) is 5.32 Å². The van der Waals surface area contributed by atoms with E-state index in [1.807, 2.05) is 0 Å². The van der Waals surface area contributed by atoms with Crippen LogP contribution >= 0.6 is 8.17 Å². The molecule has 0 amide bonds. The van der Waals surface area contributed by atoms with Gasteiger partial charge in [-0.3, -0.25) is 23.8 Å². The molecular formula is C19H37N3O8P. The highest BCUT2D eigenvalue weighted by atomic mass is 31.2. The van der Waals surface area contributed by atoms with Crippen LogP contribution in [0.4, 0.5) is 0 Å². The summed E-state index contributed by atoms with van der Waals surface area (Å²) in [6.45, 7) is 10.8. The summed E-state index contributed by atoms with van der Waals surface area (Å²) in [5.41, 5.74) is 3.63. The summed E-state index contributed by atoms with van der Waals surface area (Å²) in [5, 5.41) is 9.88. The first kappa shape index (κ1) is 27.5. The van der Waals surface area contributed by atoms with Gasteiger partial charge in [0, 0.05) is 6.54 Å². The lowest BCUT2D eigenvalue weighted by molar-refractivity contribution is -0.178. The predicted molar refractivity (Wildman–Crippen MR) is 115 cm³/mol. The fraction of sp³-hybridized carbons (Fsp3) is 0.842. The monoisotopic (exact) mass is 466 g/mol. The molecule has 0 bridgehead atoms. The standard InChI is InChI=1S/C19H37N3O8P/c1-18(2,3)28-15(23)13(9-7-8-10-22-17(20)21)14(16(24)29-19(4,5)6)30-31(25)26-11-12-27-31/h13-14,25H,7-12H2,1-6H3,(H4,20,21,22). The Morgan fingerprint density at radius 1 is 1.06 bits per heavy atom. The van der Waals surface area contributed by atoms with Crippen LogP contribution in [0.15, 0.2) is 0 Å². The Morgan fingerprint density at radius 2 is 1.58 bits per heavy atom. The molecule has 12 heteroatoms. The number of nitrogens with one attached hydrogen (secondary N) is 2. The van der Waals surface area contributed by atoms with Crippen molar-refractivity contribution in [3.8, 4) is 0 Å². The Balaban J connectivity index is 3.08. The maximum Gasteiger partial charge on any atom is 0.378 e. The van der Waals surface area contributed by atoms with E-state index in [4.69, 9.17) is 34.2 Å². The van der Waals surface area contributed by atoms with Crippen molar-refractivity contribution in [2.45, 2.75) is 78.1 Å². The molecule has 1 heterocycles. The number of hydrogen-bond acceptors (Lipinski definition) is 9. The van der Waals surface area contributed by atoms with Gasteiger partial charge in [0.1, 0.15) is 11.2 Å². The fourth-order valence-corrected chi connectivity index (χ4v) is 4.00. The van der Waals surface area contributed by atoms with Crippen LogP contribution in [-0.4, -0.2) is 59.9 Å². The summed E-state index contributed by atoms with van der Waals surface area (Å²) in [6, 6.07) is 0. The maximum absolute atomic E-state index is 13.0. The second-order valence-electron chi connectivity index (χ2n) is 9.17. The summed E-state index contributed by atoms with van der Waals surface area (Å²) in [4.78, 5) is 36.4. The van der Waals surface area contributed by atoms with Gasteiger partial charge in [0.2, 0.25) is 0 Å². The van der Waals surface area contributed by atoms with E-state index >= 15 is 0 Å². The molecule has 1 fully saturated rings. The summed E-state index contributed by atoms with van der Waals surface area (Å²) in [7, 11) is -3.76. The molecular weight excluding hydrogens is 429 g/mol. The minimum absolute atomic E-state index is 0.110. The Bertz CT molecular complexity index is 627. The van der Waals surface area contributed by atoms with E-state index in [1.165, 1.54) is 0 Å². The minimum atomic E-state index is -3.76. The smallest absolute Gasteiger partial charge is 0.378 e. The highest BCUT2D eigenvalue weighted by Crippen LogP contribution is 2.62. The van der Waals surface area contributed by atoms with Crippen molar-refractivity contribution in [2.24, 2.45) is 11.7 Å². The van der Waals surface area contributed by atoms with E-state index in [0.29, 0.717) is 19.4 Å². The lowest BCUT2D eigenvalue weighted by atomic mass is 9.95. The molecule has 1 saturated heterocycles. The first-order chi connectivity index (χ1) is 14.1. The van der Waals surface area contributed by atoms with Crippen molar-refractivity contribution in [1.29, 1.82) is 5.41 Å². The van der Waals surface area contributed by atoms with E-state index in [0.717, 1.165) is 0 Å². The molecule has 2 atom stereocenters. The van der Waals surface area contributed by atoms with Gasteiger partial charge in [0.05, 0.1) is 19.1 Å². The molecule has 11 nitrogen and oxygen atoms in total. The molecule has 31 heavy (non-hydrogen) atoms. The molecule has 181 valence electrons. The zero-order valence-electron chi connectivity index (χ0n) is 19.2. The molecule has 0 aromatic rings. The molecule has 2 unspecified atom stereocenters.